The Morgan fingerprint density at radius 2 is 1.86 bits per heavy atom. The zero-order valence-electron chi connectivity index (χ0n) is 16.1. The summed E-state index contributed by atoms with van der Waals surface area (Å²) >= 11 is 0. The average molecular weight is 381 g/mol. The molecule has 0 saturated carbocycles. The van der Waals surface area contributed by atoms with Gasteiger partial charge in [0.2, 0.25) is 5.91 Å². The van der Waals surface area contributed by atoms with Crippen LogP contribution in [0.2, 0.25) is 0 Å². The normalized spacial score (nSPS) is 13.7. The lowest BCUT2D eigenvalue weighted by Gasteiger charge is -2.29. The first-order valence-corrected chi connectivity index (χ1v) is 9.43. The molecule has 0 atom stereocenters. The number of carbonyl (C=O) groups excluding carboxylic acids is 1. The van der Waals surface area contributed by atoms with Gasteiger partial charge in [-0.15, -0.1) is 0 Å². The van der Waals surface area contributed by atoms with E-state index in [9.17, 15) is 14.4 Å². The van der Waals surface area contributed by atoms with Crippen molar-refractivity contribution >= 4 is 17.1 Å². The van der Waals surface area contributed by atoms with Crippen LogP contribution in [0.1, 0.15) is 24.0 Å². The van der Waals surface area contributed by atoms with Crippen LogP contribution in [-0.2, 0) is 38.4 Å². The molecule has 0 aliphatic carbocycles. The molecule has 8 nitrogen and oxygen atoms in total. The minimum absolute atomic E-state index is 0.124. The van der Waals surface area contributed by atoms with Crippen molar-refractivity contribution in [2.75, 3.05) is 6.54 Å². The molecule has 146 valence electrons. The van der Waals surface area contributed by atoms with Gasteiger partial charge in [-0.3, -0.25) is 18.7 Å². The third-order valence-electron chi connectivity index (χ3n) is 5.49. The highest BCUT2D eigenvalue weighted by Gasteiger charge is 2.20. The minimum atomic E-state index is -0.400. The Hall–Kier alpha value is -3.16. The fourth-order valence-corrected chi connectivity index (χ4v) is 3.83. The van der Waals surface area contributed by atoms with Crippen molar-refractivity contribution in [3.63, 3.8) is 0 Å². The molecule has 0 bridgehead atoms. The smallest absolute Gasteiger partial charge is 0.332 e. The molecule has 0 fully saturated rings. The van der Waals surface area contributed by atoms with Crippen molar-refractivity contribution in [3.8, 4) is 0 Å². The maximum atomic E-state index is 12.6. The van der Waals surface area contributed by atoms with Crippen molar-refractivity contribution < 1.29 is 4.79 Å². The van der Waals surface area contributed by atoms with E-state index in [1.165, 1.54) is 22.7 Å². The summed E-state index contributed by atoms with van der Waals surface area (Å²) in [6.07, 6.45) is 3.47. The molecule has 3 aromatic rings. The van der Waals surface area contributed by atoms with E-state index < -0.39 is 5.69 Å². The highest BCUT2D eigenvalue weighted by Crippen LogP contribution is 2.19. The molecule has 1 amide bonds. The molecule has 0 spiro atoms. The Balaban J connectivity index is 1.44. The highest BCUT2D eigenvalue weighted by molar-refractivity contribution is 5.76. The second-order valence-electron chi connectivity index (χ2n) is 7.25. The quantitative estimate of drug-likeness (QED) is 0.669. The molecule has 2 aromatic heterocycles. The van der Waals surface area contributed by atoms with Gasteiger partial charge in [0.1, 0.15) is 0 Å². The van der Waals surface area contributed by atoms with Crippen molar-refractivity contribution in [1.82, 2.24) is 23.6 Å². The van der Waals surface area contributed by atoms with Gasteiger partial charge in [0.15, 0.2) is 11.2 Å². The Kier molecular flexibility index (Phi) is 4.62. The summed E-state index contributed by atoms with van der Waals surface area (Å²) in [5, 5.41) is 0. The Labute approximate surface area is 161 Å². The Morgan fingerprint density at radius 3 is 2.64 bits per heavy atom. The van der Waals surface area contributed by atoms with Gasteiger partial charge in [-0.25, -0.2) is 9.78 Å². The van der Waals surface area contributed by atoms with E-state index in [4.69, 9.17) is 0 Å². The largest absolute Gasteiger partial charge is 0.338 e. The molecule has 0 unspecified atom stereocenters. The fourth-order valence-electron chi connectivity index (χ4n) is 3.83. The second-order valence-corrected chi connectivity index (χ2v) is 7.25. The van der Waals surface area contributed by atoms with Gasteiger partial charge in [0.25, 0.3) is 5.56 Å². The number of aromatic nitrogens is 4. The highest BCUT2D eigenvalue weighted by atomic mass is 16.2. The molecule has 1 aliphatic heterocycles. The molecule has 3 heterocycles. The summed E-state index contributed by atoms with van der Waals surface area (Å²) in [4.78, 5) is 43.2. The summed E-state index contributed by atoms with van der Waals surface area (Å²) < 4.78 is 4.18. The van der Waals surface area contributed by atoms with E-state index in [1.54, 1.807) is 17.9 Å². The number of carbonyl (C=O) groups is 1. The number of fused-ring (bicyclic) bond motifs is 2. The predicted octanol–water partition coefficient (Wildman–Crippen LogP) is 0.799. The van der Waals surface area contributed by atoms with Crippen LogP contribution in [0.5, 0.6) is 0 Å². The van der Waals surface area contributed by atoms with Crippen LogP contribution in [0.3, 0.4) is 0 Å². The standard InChI is InChI=1S/C20H23N5O3/c1-22-18-17(19(27)23(2)20(22)28)25(13-21-18)10-5-8-16(26)24-11-9-14-6-3-4-7-15(14)12-24/h3-4,6-7,13H,5,8-12H2,1-2H3. The molecular formula is C20H23N5O3. The number of hydrogen-bond acceptors (Lipinski definition) is 4. The lowest BCUT2D eigenvalue weighted by atomic mass is 9.99. The van der Waals surface area contributed by atoms with Crippen LogP contribution in [0.15, 0.2) is 40.2 Å². The van der Waals surface area contributed by atoms with Crippen LogP contribution < -0.4 is 11.2 Å². The van der Waals surface area contributed by atoms with E-state index in [1.807, 2.05) is 17.0 Å². The second kappa shape index (κ2) is 7.10. The van der Waals surface area contributed by atoms with Crippen LogP contribution >= 0.6 is 0 Å². The lowest BCUT2D eigenvalue weighted by molar-refractivity contribution is -0.132. The third-order valence-corrected chi connectivity index (χ3v) is 5.49. The Bertz CT molecular complexity index is 1170. The van der Waals surface area contributed by atoms with Gasteiger partial charge in [0, 0.05) is 40.2 Å². The molecule has 0 radical (unpaired) electrons. The SMILES string of the molecule is Cn1c(=O)c2c(ncn2CCCC(=O)N2CCc3ccccc3C2)n(C)c1=O. The topological polar surface area (TPSA) is 82.1 Å². The first-order valence-electron chi connectivity index (χ1n) is 9.43. The molecule has 8 heteroatoms. The van der Waals surface area contributed by atoms with Gasteiger partial charge in [-0.1, -0.05) is 24.3 Å². The summed E-state index contributed by atoms with van der Waals surface area (Å²) in [5.41, 5.74) is 2.53. The van der Waals surface area contributed by atoms with Crippen LogP contribution in [0, 0.1) is 0 Å². The minimum Gasteiger partial charge on any atom is -0.338 e. The third kappa shape index (κ3) is 3.04. The van der Waals surface area contributed by atoms with E-state index >= 15 is 0 Å². The molecule has 1 aliphatic rings. The Morgan fingerprint density at radius 1 is 1.11 bits per heavy atom. The zero-order valence-corrected chi connectivity index (χ0v) is 16.1. The van der Waals surface area contributed by atoms with Crippen molar-refractivity contribution in [1.29, 1.82) is 0 Å². The van der Waals surface area contributed by atoms with Gasteiger partial charge in [-0.05, 0) is 24.0 Å². The molecular weight excluding hydrogens is 358 g/mol. The van der Waals surface area contributed by atoms with E-state index in [-0.39, 0.29) is 11.5 Å². The number of nitrogens with zero attached hydrogens (tertiary/aromatic N) is 5. The number of amides is 1. The first kappa shape index (κ1) is 18.2. The predicted molar refractivity (Wildman–Crippen MR) is 105 cm³/mol. The van der Waals surface area contributed by atoms with Crippen LogP contribution in [0.25, 0.3) is 11.2 Å². The van der Waals surface area contributed by atoms with E-state index in [0.29, 0.717) is 37.1 Å². The van der Waals surface area contributed by atoms with Crippen molar-refractivity contribution in [3.05, 3.63) is 62.6 Å². The number of imidazole rings is 1. The van der Waals surface area contributed by atoms with Crippen LogP contribution in [0.4, 0.5) is 0 Å². The zero-order chi connectivity index (χ0) is 19.8. The number of hydrogen-bond donors (Lipinski definition) is 0. The molecule has 0 N–H and O–H groups in total. The summed E-state index contributed by atoms with van der Waals surface area (Å²) in [5.74, 6) is 0.124. The van der Waals surface area contributed by atoms with Crippen LogP contribution in [-0.4, -0.2) is 36.0 Å². The monoisotopic (exact) mass is 381 g/mol. The maximum Gasteiger partial charge on any atom is 0.332 e. The molecule has 4 rings (SSSR count). The van der Waals surface area contributed by atoms with Gasteiger partial charge < -0.3 is 9.47 Å². The fraction of sp³-hybridized carbons (Fsp3) is 0.400. The summed E-state index contributed by atoms with van der Waals surface area (Å²) in [6, 6.07) is 8.23. The molecule has 28 heavy (non-hydrogen) atoms. The maximum absolute atomic E-state index is 12.6. The summed E-state index contributed by atoms with van der Waals surface area (Å²) in [7, 11) is 3.05. The molecule has 1 aromatic carbocycles. The summed E-state index contributed by atoms with van der Waals surface area (Å²) in [6.45, 7) is 1.90. The van der Waals surface area contributed by atoms with Crippen molar-refractivity contribution in [2.24, 2.45) is 14.1 Å². The lowest BCUT2D eigenvalue weighted by Crippen LogP contribution is -2.37. The van der Waals surface area contributed by atoms with Gasteiger partial charge in [0.05, 0.1) is 6.33 Å². The molecule has 0 saturated heterocycles. The first-order chi connectivity index (χ1) is 13.5. The van der Waals surface area contributed by atoms with Gasteiger partial charge >= 0.3 is 5.69 Å². The number of aryl methyl sites for hydroxylation is 2. The van der Waals surface area contributed by atoms with Crippen molar-refractivity contribution in [2.45, 2.75) is 32.4 Å². The van der Waals surface area contributed by atoms with E-state index in [0.717, 1.165) is 17.5 Å². The average Bonchev–Trinajstić information content (AvgIpc) is 3.14. The van der Waals surface area contributed by atoms with E-state index in [2.05, 4.69) is 17.1 Å². The number of rotatable bonds is 4. The van der Waals surface area contributed by atoms with Gasteiger partial charge in [-0.2, -0.15) is 0 Å². The number of benzene rings is 1.